The van der Waals surface area contributed by atoms with Crippen LogP contribution in [0.1, 0.15) is 5.56 Å². The molecule has 0 unspecified atom stereocenters. The van der Waals surface area contributed by atoms with Crippen LogP contribution in [0.2, 0.25) is 5.15 Å². The van der Waals surface area contributed by atoms with Gasteiger partial charge < -0.3 is 4.74 Å². The molecule has 2 rings (SSSR count). The van der Waals surface area contributed by atoms with Crippen LogP contribution in [0.15, 0.2) is 42.6 Å². The van der Waals surface area contributed by atoms with Crippen LogP contribution in [-0.4, -0.2) is 4.98 Å². The second-order valence-electron chi connectivity index (χ2n) is 3.19. The molecule has 0 radical (unpaired) electrons. The lowest BCUT2D eigenvalue weighted by Gasteiger charge is -2.06. The minimum absolute atomic E-state index is 0.174. The summed E-state index contributed by atoms with van der Waals surface area (Å²) >= 11 is 5.69. The molecule has 2 aromatic rings. The third-order valence-corrected chi connectivity index (χ3v) is 2.26. The minimum Gasteiger partial charge on any atom is -0.489 e. The van der Waals surface area contributed by atoms with Crippen molar-refractivity contribution in [3.63, 3.8) is 0 Å². The molecule has 0 saturated heterocycles. The molecular weight excluding hydrogens is 229 g/mol. The van der Waals surface area contributed by atoms with Gasteiger partial charge >= 0.3 is 0 Å². The van der Waals surface area contributed by atoms with Crippen LogP contribution in [0.5, 0.6) is 5.75 Å². The molecular formula is C12H9ClFNO. The maximum Gasteiger partial charge on any atom is 0.132 e. The lowest BCUT2D eigenvalue weighted by atomic mass is 10.2. The highest BCUT2D eigenvalue weighted by atomic mass is 35.5. The summed E-state index contributed by atoms with van der Waals surface area (Å²) in [6.07, 6.45) is 1.54. The SMILES string of the molecule is Fc1ccccc1COc1ccnc(Cl)c1. The van der Waals surface area contributed by atoms with Crippen molar-refractivity contribution >= 4 is 11.6 Å². The molecule has 0 aliphatic rings. The van der Waals surface area contributed by atoms with Gasteiger partial charge in [-0.05, 0) is 12.1 Å². The van der Waals surface area contributed by atoms with Crippen molar-refractivity contribution < 1.29 is 9.13 Å². The fourth-order valence-corrected chi connectivity index (χ4v) is 1.41. The second kappa shape index (κ2) is 4.94. The zero-order chi connectivity index (χ0) is 11.4. The Morgan fingerprint density at radius 1 is 1.25 bits per heavy atom. The van der Waals surface area contributed by atoms with Crippen molar-refractivity contribution in [2.24, 2.45) is 0 Å². The minimum atomic E-state index is -0.275. The van der Waals surface area contributed by atoms with Crippen LogP contribution in [-0.2, 0) is 6.61 Å². The molecule has 0 amide bonds. The molecule has 16 heavy (non-hydrogen) atoms. The Kier molecular flexibility index (Phi) is 3.37. The summed E-state index contributed by atoms with van der Waals surface area (Å²) in [7, 11) is 0. The van der Waals surface area contributed by atoms with Gasteiger partial charge in [0.2, 0.25) is 0 Å². The van der Waals surface area contributed by atoms with Crippen molar-refractivity contribution in [2.45, 2.75) is 6.61 Å². The van der Waals surface area contributed by atoms with Crippen molar-refractivity contribution in [1.82, 2.24) is 4.98 Å². The summed E-state index contributed by atoms with van der Waals surface area (Å²) in [6, 6.07) is 9.74. The Bertz CT molecular complexity index is 490. The first kappa shape index (κ1) is 10.9. The molecule has 0 atom stereocenters. The predicted octanol–water partition coefficient (Wildman–Crippen LogP) is 3.45. The van der Waals surface area contributed by atoms with Crippen molar-refractivity contribution in [2.75, 3.05) is 0 Å². The van der Waals surface area contributed by atoms with Crippen LogP contribution >= 0.6 is 11.6 Å². The van der Waals surface area contributed by atoms with Crippen molar-refractivity contribution in [3.8, 4) is 5.75 Å². The maximum absolute atomic E-state index is 13.3. The summed E-state index contributed by atoms with van der Waals surface area (Å²) in [5.74, 6) is 0.297. The van der Waals surface area contributed by atoms with E-state index in [4.69, 9.17) is 16.3 Å². The molecule has 0 saturated carbocycles. The van der Waals surface area contributed by atoms with E-state index >= 15 is 0 Å². The fraction of sp³-hybridized carbons (Fsp3) is 0.0833. The largest absolute Gasteiger partial charge is 0.489 e. The standard InChI is InChI=1S/C12H9ClFNO/c13-12-7-10(5-6-15-12)16-8-9-3-1-2-4-11(9)14/h1-7H,8H2. The van der Waals surface area contributed by atoms with Crippen LogP contribution in [0, 0.1) is 5.82 Å². The van der Waals surface area contributed by atoms with E-state index in [1.54, 1.807) is 36.5 Å². The van der Waals surface area contributed by atoms with Crippen molar-refractivity contribution in [3.05, 3.63) is 59.1 Å². The fourth-order valence-electron chi connectivity index (χ4n) is 1.25. The first-order chi connectivity index (χ1) is 7.75. The number of halogens is 2. The topological polar surface area (TPSA) is 22.1 Å². The molecule has 82 valence electrons. The van der Waals surface area contributed by atoms with Crippen LogP contribution in [0.3, 0.4) is 0 Å². The number of hydrogen-bond acceptors (Lipinski definition) is 2. The first-order valence-corrected chi connectivity index (χ1v) is 5.11. The lowest BCUT2D eigenvalue weighted by molar-refractivity contribution is 0.299. The number of nitrogens with zero attached hydrogens (tertiary/aromatic N) is 1. The number of benzene rings is 1. The second-order valence-corrected chi connectivity index (χ2v) is 3.58. The van der Waals surface area contributed by atoms with Gasteiger partial charge in [0.25, 0.3) is 0 Å². The maximum atomic E-state index is 13.3. The van der Waals surface area contributed by atoms with Gasteiger partial charge in [-0.15, -0.1) is 0 Å². The van der Waals surface area contributed by atoms with Gasteiger partial charge in [0.05, 0.1) is 0 Å². The summed E-state index contributed by atoms with van der Waals surface area (Å²) < 4.78 is 18.6. The number of hydrogen-bond donors (Lipinski definition) is 0. The van der Waals surface area contributed by atoms with Crippen LogP contribution in [0.4, 0.5) is 4.39 Å². The van der Waals surface area contributed by atoms with E-state index in [-0.39, 0.29) is 12.4 Å². The smallest absolute Gasteiger partial charge is 0.132 e. The number of pyridine rings is 1. The van der Waals surface area contributed by atoms with Crippen molar-refractivity contribution in [1.29, 1.82) is 0 Å². The summed E-state index contributed by atoms with van der Waals surface area (Å²) in [4.78, 5) is 3.82. The Morgan fingerprint density at radius 3 is 2.81 bits per heavy atom. The van der Waals surface area contributed by atoms with Crippen LogP contribution < -0.4 is 4.74 Å². The zero-order valence-corrected chi connectivity index (χ0v) is 9.12. The summed E-state index contributed by atoms with van der Waals surface area (Å²) in [6.45, 7) is 0.174. The first-order valence-electron chi connectivity index (χ1n) is 4.73. The highest BCUT2D eigenvalue weighted by Crippen LogP contribution is 2.16. The highest BCUT2D eigenvalue weighted by Gasteiger charge is 2.02. The average molecular weight is 238 g/mol. The Morgan fingerprint density at radius 2 is 2.06 bits per heavy atom. The number of rotatable bonds is 3. The van der Waals surface area contributed by atoms with E-state index in [1.165, 1.54) is 6.07 Å². The molecule has 2 nitrogen and oxygen atoms in total. The molecule has 1 aromatic carbocycles. The summed E-state index contributed by atoms with van der Waals surface area (Å²) in [5, 5.41) is 0.353. The molecule has 0 aliphatic heterocycles. The van der Waals surface area contributed by atoms with E-state index in [0.717, 1.165) is 0 Å². The van der Waals surface area contributed by atoms with Gasteiger partial charge in [0, 0.05) is 17.8 Å². The molecule has 0 aliphatic carbocycles. The molecule has 0 fully saturated rings. The highest BCUT2D eigenvalue weighted by molar-refractivity contribution is 6.29. The third-order valence-electron chi connectivity index (χ3n) is 2.05. The molecule has 0 spiro atoms. The molecule has 4 heteroatoms. The Balaban J connectivity index is 2.05. The van der Waals surface area contributed by atoms with Gasteiger partial charge in [-0.3, -0.25) is 0 Å². The molecule has 0 bridgehead atoms. The number of ether oxygens (including phenoxy) is 1. The Labute approximate surface area is 97.7 Å². The average Bonchev–Trinajstić information content (AvgIpc) is 2.28. The van der Waals surface area contributed by atoms with Crippen LogP contribution in [0.25, 0.3) is 0 Å². The zero-order valence-electron chi connectivity index (χ0n) is 8.36. The molecule has 0 N–H and O–H groups in total. The van der Waals surface area contributed by atoms with E-state index < -0.39 is 0 Å². The quantitative estimate of drug-likeness (QED) is 0.763. The Hall–Kier alpha value is -1.61. The van der Waals surface area contributed by atoms with E-state index in [2.05, 4.69) is 4.98 Å². The van der Waals surface area contributed by atoms with Gasteiger partial charge in [-0.1, -0.05) is 29.8 Å². The van der Waals surface area contributed by atoms with E-state index in [9.17, 15) is 4.39 Å². The molecule has 1 aromatic heterocycles. The number of aromatic nitrogens is 1. The molecule has 1 heterocycles. The van der Waals surface area contributed by atoms with E-state index in [1.807, 2.05) is 0 Å². The lowest BCUT2D eigenvalue weighted by Crippen LogP contribution is -1.98. The van der Waals surface area contributed by atoms with Gasteiger partial charge in [-0.25, -0.2) is 9.37 Å². The normalized spacial score (nSPS) is 10.1. The van der Waals surface area contributed by atoms with Gasteiger partial charge in [0.15, 0.2) is 0 Å². The third kappa shape index (κ3) is 2.70. The van der Waals surface area contributed by atoms with Gasteiger partial charge in [-0.2, -0.15) is 0 Å². The monoisotopic (exact) mass is 237 g/mol. The van der Waals surface area contributed by atoms with Gasteiger partial charge in [0.1, 0.15) is 23.3 Å². The predicted molar refractivity (Wildman–Crippen MR) is 60.0 cm³/mol. The summed E-state index contributed by atoms with van der Waals surface area (Å²) in [5.41, 5.74) is 0.510. The van der Waals surface area contributed by atoms with E-state index in [0.29, 0.717) is 16.5 Å².